The van der Waals surface area contributed by atoms with E-state index in [0.29, 0.717) is 13.2 Å². The van der Waals surface area contributed by atoms with Gasteiger partial charge >= 0.3 is 21.5 Å². The van der Waals surface area contributed by atoms with Gasteiger partial charge in [0.15, 0.2) is 0 Å². The summed E-state index contributed by atoms with van der Waals surface area (Å²) in [4.78, 5) is 11.4. The van der Waals surface area contributed by atoms with Crippen molar-refractivity contribution in [3.63, 3.8) is 0 Å². The van der Waals surface area contributed by atoms with Gasteiger partial charge in [0.05, 0.1) is 18.6 Å². The van der Waals surface area contributed by atoms with Crippen LogP contribution in [0.5, 0.6) is 0 Å². The Morgan fingerprint density at radius 2 is 1.95 bits per heavy atom. The van der Waals surface area contributed by atoms with Crippen LogP contribution < -0.4 is 5.11 Å². The smallest absolute Gasteiger partial charge is 0.518 e. The molecule has 1 saturated heterocycles. The molecule has 7 nitrogen and oxygen atoms in total. The molecule has 1 rings (SSSR count). The number of halogens is 3. The van der Waals surface area contributed by atoms with E-state index in [2.05, 4.69) is 4.40 Å². The molecule has 1 aliphatic heterocycles. The lowest BCUT2D eigenvalue weighted by Gasteiger charge is -2.39. The lowest BCUT2D eigenvalue weighted by atomic mass is 9.84. The third-order valence-corrected chi connectivity index (χ3v) is 4.19. The van der Waals surface area contributed by atoms with Crippen LogP contribution in [0.1, 0.15) is 26.2 Å². The van der Waals surface area contributed by atoms with Crippen LogP contribution in [0.25, 0.3) is 0 Å². The Morgan fingerprint density at radius 3 is 2.36 bits per heavy atom. The summed E-state index contributed by atoms with van der Waals surface area (Å²) in [5.41, 5.74) is -5.90. The summed E-state index contributed by atoms with van der Waals surface area (Å²) < 4.78 is 69.2. The highest BCUT2D eigenvalue weighted by molar-refractivity contribution is 7.91. The normalized spacial score (nSPS) is 18.6. The predicted molar refractivity (Wildman–Crippen MR) is 66.1 cm³/mol. The van der Waals surface area contributed by atoms with Crippen molar-refractivity contribution in [1.82, 2.24) is 0 Å². The minimum Gasteiger partial charge on any atom is -0.861 e. The van der Waals surface area contributed by atoms with Crippen LogP contribution in [0.4, 0.5) is 13.2 Å². The van der Waals surface area contributed by atoms with Crippen molar-refractivity contribution >= 4 is 21.9 Å². The second-order valence-corrected chi connectivity index (χ2v) is 6.51. The number of carbonyl (C=O) groups excluding carboxylic acids is 1. The summed E-state index contributed by atoms with van der Waals surface area (Å²) in [5.74, 6) is -2.36. The van der Waals surface area contributed by atoms with E-state index in [9.17, 15) is 31.5 Å². The van der Waals surface area contributed by atoms with E-state index in [1.807, 2.05) is 6.92 Å². The summed E-state index contributed by atoms with van der Waals surface area (Å²) >= 11 is 0. The fourth-order valence-corrected chi connectivity index (χ4v) is 1.99. The largest absolute Gasteiger partial charge is 0.861 e. The molecule has 0 amide bonds. The molecule has 0 atom stereocenters. The molecule has 11 heteroatoms. The van der Waals surface area contributed by atoms with Crippen molar-refractivity contribution in [3.8, 4) is 0 Å². The van der Waals surface area contributed by atoms with Crippen LogP contribution in [0.3, 0.4) is 0 Å². The molecular weight excluding hydrogens is 331 g/mol. The predicted octanol–water partition coefficient (Wildman–Crippen LogP) is 0.345. The summed E-state index contributed by atoms with van der Waals surface area (Å²) in [6.07, 6.45) is -0.599. The Hall–Kier alpha value is -1.36. The van der Waals surface area contributed by atoms with Crippen molar-refractivity contribution in [2.24, 2.45) is 9.81 Å². The highest BCUT2D eigenvalue weighted by atomic mass is 32.2. The first-order valence-corrected chi connectivity index (χ1v) is 7.76. The number of alkyl halides is 3. The van der Waals surface area contributed by atoms with Crippen LogP contribution in [0.15, 0.2) is 4.40 Å². The van der Waals surface area contributed by atoms with Gasteiger partial charge < -0.3 is 14.6 Å². The monoisotopic (exact) mass is 346 g/mol. The first-order valence-electron chi connectivity index (χ1n) is 6.32. The average molecular weight is 346 g/mol. The number of esters is 1. The third kappa shape index (κ3) is 4.83. The minimum atomic E-state index is -5.87. The van der Waals surface area contributed by atoms with Gasteiger partial charge in [-0.1, -0.05) is 6.92 Å². The summed E-state index contributed by atoms with van der Waals surface area (Å²) in [6.45, 7) is 2.85. The number of carbonyl (C=O) groups is 1. The number of sulfonamides is 1. The van der Waals surface area contributed by atoms with Crippen LogP contribution in [0.2, 0.25) is 0 Å². The molecule has 0 saturated carbocycles. The van der Waals surface area contributed by atoms with Gasteiger partial charge in [-0.15, -0.1) is 0 Å². The van der Waals surface area contributed by atoms with Crippen LogP contribution in [-0.4, -0.2) is 45.6 Å². The number of hydrogen-bond donors (Lipinski definition) is 0. The molecular formula is C11H15F3NO6S-. The Morgan fingerprint density at radius 1 is 1.36 bits per heavy atom. The fourth-order valence-electron chi connectivity index (χ4n) is 1.53. The Labute approximate surface area is 125 Å². The van der Waals surface area contributed by atoms with Gasteiger partial charge in [0.1, 0.15) is 6.61 Å². The SMILES string of the molecule is CCC1(COC(=O)CC/C([O-])=N/S(=O)(=O)C(F)(F)F)COC1. The molecule has 0 N–H and O–H groups in total. The van der Waals surface area contributed by atoms with Gasteiger partial charge in [0.2, 0.25) is 0 Å². The quantitative estimate of drug-likeness (QED) is 0.374. The maximum absolute atomic E-state index is 12.0. The lowest BCUT2D eigenvalue weighted by Crippen LogP contribution is -2.46. The first-order chi connectivity index (χ1) is 10.0. The Bertz CT molecular complexity index is 533. The van der Waals surface area contributed by atoms with E-state index in [1.165, 1.54) is 0 Å². The topological polar surface area (TPSA) is 105 Å². The van der Waals surface area contributed by atoms with Crippen LogP contribution >= 0.6 is 0 Å². The number of ether oxygens (including phenoxy) is 2. The standard InChI is InChI=1S/C11H16F3NO6S/c1-2-10(5-20-6-10)7-21-9(17)4-3-8(16)15-22(18,19)11(12,13)14/h2-7H2,1H3,(H,15,16)/p-1. The Kier molecular flexibility index (Phi) is 5.79. The Balaban J connectivity index is 2.44. The zero-order chi connectivity index (χ0) is 17.0. The molecule has 0 aromatic carbocycles. The molecule has 0 bridgehead atoms. The second kappa shape index (κ2) is 6.82. The van der Waals surface area contributed by atoms with Gasteiger partial charge in [-0.25, -0.2) is 0 Å². The molecule has 1 fully saturated rings. The maximum atomic E-state index is 12.0. The van der Waals surface area contributed by atoms with Crippen molar-refractivity contribution in [2.75, 3.05) is 19.8 Å². The average Bonchev–Trinajstić information content (AvgIpc) is 2.33. The van der Waals surface area contributed by atoms with E-state index in [1.54, 1.807) is 0 Å². The van der Waals surface area contributed by atoms with Gasteiger partial charge in [0.25, 0.3) is 0 Å². The van der Waals surface area contributed by atoms with Crippen molar-refractivity contribution < 1.29 is 41.0 Å². The summed E-state index contributed by atoms with van der Waals surface area (Å²) in [6, 6.07) is 0. The summed E-state index contributed by atoms with van der Waals surface area (Å²) in [5, 5.41) is 11.1. The number of nitrogens with zero attached hydrogens (tertiary/aromatic N) is 1. The highest BCUT2D eigenvalue weighted by Gasteiger charge is 2.45. The molecule has 1 aliphatic rings. The summed E-state index contributed by atoms with van der Waals surface area (Å²) in [7, 11) is -5.87. The molecule has 0 aromatic rings. The van der Waals surface area contributed by atoms with E-state index in [4.69, 9.17) is 9.47 Å². The molecule has 0 aromatic heterocycles. The molecule has 1 heterocycles. The van der Waals surface area contributed by atoms with Gasteiger partial charge in [-0.2, -0.15) is 26.0 Å². The molecule has 0 unspecified atom stereocenters. The first kappa shape index (κ1) is 18.7. The lowest BCUT2D eigenvalue weighted by molar-refractivity contribution is -0.218. The third-order valence-electron chi connectivity index (χ3n) is 3.16. The van der Waals surface area contributed by atoms with E-state index in [-0.39, 0.29) is 12.0 Å². The zero-order valence-electron chi connectivity index (χ0n) is 11.7. The van der Waals surface area contributed by atoms with Crippen molar-refractivity contribution in [1.29, 1.82) is 0 Å². The van der Waals surface area contributed by atoms with Crippen LogP contribution in [-0.2, 0) is 24.3 Å². The van der Waals surface area contributed by atoms with Crippen LogP contribution in [0, 0.1) is 5.41 Å². The molecule has 0 aliphatic carbocycles. The molecule has 128 valence electrons. The van der Waals surface area contributed by atoms with Crippen molar-refractivity contribution in [3.05, 3.63) is 0 Å². The van der Waals surface area contributed by atoms with Gasteiger partial charge in [-0.3, -0.25) is 4.79 Å². The zero-order valence-corrected chi connectivity index (χ0v) is 12.5. The fraction of sp³-hybridized carbons (Fsp3) is 0.818. The minimum absolute atomic E-state index is 0.0779. The van der Waals surface area contributed by atoms with Crippen molar-refractivity contribution in [2.45, 2.75) is 31.7 Å². The van der Waals surface area contributed by atoms with E-state index in [0.717, 1.165) is 6.42 Å². The second-order valence-electron chi connectivity index (χ2n) is 4.91. The molecule has 0 radical (unpaired) electrons. The number of hydrogen-bond acceptors (Lipinski definition) is 6. The van der Waals surface area contributed by atoms with E-state index >= 15 is 0 Å². The van der Waals surface area contributed by atoms with Gasteiger partial charge in [0, 0.05) is 6.42 Å². The van der Waals surface area contributed by atoms with E-state index < -0.39 is 40.2 Å². The maximum Gasteiger partial charge on any atom is 0.518 e. The molecule has 0 spiro atoms. The van der Waals surface area contributed by atoms with Gasteiger partial charge in [-0.05, 0) is 18.7 Å². The molecule has 22 heavy (non-hydrogen) atoms. The number of rotatable bonds is 7. The highest BCUT2D eigenvalue weighted by Crippen LogP contribution is 2.31.